The fourth-order valence-corrected chi connectivity index (χ4v) is 1.39. The molecule has 0 fully saturated rings. The zero-order valence-electron chi connectivity index (χ0n) is 9.15. The first-order chi connectivity index (χ1) is 7.43. The maximum atomic E-state index is 5.42. The van der Waals surface area contributed by atoms with Gasteiger partial charge in [0.25, 0.3) is 0 Å². The van der Waals surface area contributed by atoms with Crippen molar-refractivity contribution in [1.29, 1.82) is 0 Å². The summed E-state index contributed by atoms with van der Waals surface area (Å²) in [4.78, 5) is 8.17. The van der Waals surface area contributed by atoms with Crippen LogP contribution in [-0.4, -0.2) is 23.1 Å². The average Bonchev–Trinajstić information content (AvgIpc) is 2.29. The Hall–Kier alpha value is -1.16. The number of aromatic nitrogens is 2. The van der Waals surface area contributed by atoms with E-state index in [0.29, 0.717) is 0 Å². The second-order valence-corrected chi connectivity index (χ2v) is 3.56. The van der Waals surface area contributed by atoms with Crippen LogP contribution in [0.3, 0.4) is 0 Å². The van der Waals surface area contributed by atoms with Crippen LogP contribution in [0.1, 0.15) is 32.1 Å². The molecular weight excluding hydrogens is 188 g/mol. The SMILES string of the molecule is NCCCCCCCNc1ncccn1. The molecule has 0 unspecified atom stereocenters. The van der Waals surface area contributed by atoms with E-state index in [1.165, 1.54) is 25.7 Å². The number of rotatable bonds is 8. The van der Waals surface area contributed by atoms with E-state index in [1.54, 1.807) is 12.4 Å². The third kappa shape index (κ3) is 6.01. The van der Waals surface area contributed by atoms with Gasteiger partial charge in [0.05, 0.1) is 0 Å². The highest BCUT2D eigenvalue weighted by Gasteiger charge is 1.92. The first-order valence-corrected chi connectivity index (χ1v) is 5.64. The summed E-state index contributed by atoms with van der Waals surface area (Å²) in [7, 11) is 0. The van der Waals surface area contributed by atoms with Crippen molar-refractivity contribution in [3.05, 3.63) is 18.5 Å². The lowest BCUT2D eigenvalue weighted by molar-refractivity contribution is 0.628. The van der Waals surface area contributed by atoms with Crippen LogP contribution in [0.15, 0.2) is 18.5 Å². The van der Waals surface area contributed by atoms with E-state index >= 15 is 0 Å². The Balaban J connectivity index is 1.93. The van der Waals surface area contributed by atoms with E-state index in [0.717, 1.165) is 25.5 Å². The molecule has 0 aliphatic carbocycles. The van der Waals surface area contributed by atoms with Crippen molar-refractivity contribution >= 4 is 5.95 Å². The first-order valence-electron chi connectivity index (χ1n) is 5.64. The maximum absolute atomic E-state index is 5.42. The van der Waals surface area contributed by atoms with Crippen LogP contribution in [0, 0.1) is 0 Å². The average molecular weight is 208 g/mol. The van der Waals surface area contributed by atoms with Crippen LogP contribution in [0.25, 0.3) is 0 Å². The first kappa shape index (κ1) is 11.9. The number of hydrogen-bond donors (Lipinski definition) is 2. The molecule has 1 aromatic heterocycles. The van der Waals surface area contributed by atoms with Gasteiger partial charge in [0.2, 0.25) is 5.95 Å². The van der Waals surface area contributed by atoms with Crippen molar-refractivity contribution in [2.45, 2.75) is 32.1 Å². The molecule has 0 saturated heterocycles. The van der Waals surface area contributed by atoms with Crippen molar-refractivity contribution < 1.29 is 0 Å². The summed E-state index contributed by atoms with van der Waals surface area (Å²) >= 11 is 0. The molecule has 0 bridgehead atoms. The van der Waals surface area contributed by atoms with Gasteiger partial charge in [-0.25, -0.2) is 9.97 Å². The molecule has 4 nitrogen and oxygen atoms in total. The highest BCUT2D eigenvalue weighted by atomic mass is 15.1. The Morgan fingerprint density at radius 3 is 2.40 bits per heavy atom. The summed E-state index contributed by atoms with van der Waals surface area (Å²) in [5, 5.41) is 3.19. The van der Waals surface area contributed by atoms with Gasteiger partial charge in [-0.1, -0.05) is 19.3 Å². The minimum Gasteiger partial charge on any atom is -0.354 e. The van der Waals surface area contributed by atoms with E-state index in [1.807, 2.05) is 6.07 Å². The Bertz CT molecular complexity index is 238. The molecule has 0 spiro atoms. The molecule has 4 heteroatoms. The molecule has 1 heterocycles. The van der Waals surface area contributed by atoms with E-state index in [4.69, 9.17) is 5.73 Å². The van der Waals surface area contributed by atoms with Crippen molar-refractivity contribution in [3.8, 4) is 0 Å². The van der Waals surface area contributed by atoms with Gasteiger partial charge >= 0.3 is 0 Å². The second-order valence-electron chi connectivity index (χ2n) is 3.56. The number of nitrogens with one attached hydrogen (secondary N) is 1. The predicted octanol–water partition coefficient (Wildman–Crippen LogP) is 1.80. The van der Waals surface area contributed by atoms with Crippen molar-refractivity contribution in [2.75, 3.05) is 18.4 Å². The minimum atomic E-state index is 0.722. The maximum Gasteiger partial charge on any atom is 0.222 e. The highest BCUT2D eigenvalue weighted by Crippen LogP contribution is 2.02. The van der Waals surface area contributed by atoms with Gasteiger partial charge < -0.3 is 11.1 Å². The molecule has 0 saturated carbocycles. The predicted molar refractivity (Wildman–Crippen MR) is 62.7 cm³/mol. The monoisotopic (exact) mass is 208 g/mol. The smallest absolute Gasteiger partial charge is 0.222 e. The molecule has 0 amide bonds. The molecule has 1 aromatic rings. The van der Waals surface area contributed by atoms with Gasteiger partial charge in [0, 0.05) is 18.9 Å². The van der Waals surface area contributed by atoms with Crippen LogP contribution in [0.2, 0.25) is 0 Å². The highest BCUT2D eigenvalue weighted by molar-refractivity contribution is 5.21. The number of nitrogens with two attached hydrogens (primary N) is 1. The zero-order chi connectivity index (χ0) is 10.8. The number of unbranched alkanes of at least 4 members (excludes halogenated alkanes) is 4. The Morgan fingerprint density at radius 1 is 1.00 bits per heavy atom. The molecule has 0 atom stereocenters. The van der Waals surface area contributed by atoms with Gasteiger partial charge in [-0.05, 0) is 25.5 Å². The van der Waals surface area contributed by atoms with Gasteiger partial charge in [-0.2, -0.15) is 0 Å². The molecule has 15 heavy (non-hydrogen) atoms. The number of nitrogens with zero attached hydrogens (tertiary/aromatic N) is 2. The van der Waals surface area contributed by atoms with E-state index in [-0.39, 0.29) is 0 Å². The summed E-state index contributed by atoms with van der Waals surface area (Å²) in [5.41, 5.74) is 5.42. The van der Waals surface area contributed by atoms with Gasteiger partial charge in [0.1, 0.15) is 0 Å². The van der Waals surface area contributed by atoms with Crippen molar-refractivity contribution in [2.24, 2.45) is 5.73 Å². The molecule has 0 aliphatic heterocycles. The molecule has 1 rings (SSSR count). The summed E-state index contributed by atoms with van der Waals surface area (Å²) < 4.78 is 0. The summed E-state index contributed by atoms with van der Waals surface area (Å²) in [6.45, 7) is 1.77. The van der Waals surface area contributed by atoms with Crippen LogP contribution < -0.4 is 11.1 Å². The van der Waals surface area contributed by atoms with Gasteiger partial charge in [0.15, 0.2) is 0 Å². The molecule has 0 radical (unpaired) electrons. The number of anilines is 1. The van der Waals surface area contributed by atoms with Crippen LogP contribution in [-0.2, 0) is 0 Å². The van der Waals surface area contributed by atoms with Crippen molar-refractivity contribution in [1.82, 2.24) is 9.97 Å². The topological polar surface area (TPSA) is 63.8 Å². The Kier molecular flexibility index (Phi) is 6.49. The van der Waals surface area contributed by atoms with Crippen molar-refractivity contribution in [3.63, 3.8) is 0 Å². The fraction of sp³-hybridized carbons (Fsp3) is 0.636. The lowest BCUT2D eigenvalue weighted by Gasteiger charge is -2.03. The summed E-state index contributed by atoms with van der Waals surface area (Å²) in [6.07, 6.45) is 9.58. The van der Waals surface area contributed by atoms with Crippen LogP contribution in [0.5, 0.6) is 0 Å². The second kappa shape index (κ2) is 8.17. The zero-order valence-corrected chi connectivity index (χ0v) is 9.15. The Labute approximate surface area is 91.3 Å². The van der Waals surface area contributed by atoms with Crippen LogP contribution >= 0.6 is 0 Å². The number of hydrogen-bond acceptors (Lipinski definition) is 4. The Morgan fingerprint density at radius 2 is 1.67 bits per heavy atom. The fourth-order valence-electron chi connectivity index (χ4n) is 1.39. The lowest BCUT2D eigenvalue weighted by Crippen LogP contribution is -2.04. The van der Waals surface area contributed by atoms with Gasteiger partial charge in [-0.3, -0.25) is 0 Å². The van der Waals surface area contributed by atoms with E-state index in [9.17, 15) is 0 Å². The normalized spacial score (nSPS) is 10.2. The minimum absolute atomic E-state index is 0.722. The largest absolute Gasteiger partial charge is 0.354 e. The summed E-state index contributed by atoms with van der Waals surface area (Å²) in [6, 6.07) is 1.82. The van der Waals surface area contributed by atoms with E-state index in [2.05, 4.69) is 15.3 Å². The summed E-state index contributed by atoms with van der Waals surface area (Å²) in [5.74, 6) is 0.722. The third-order valence-corrected chi connectivity index (χ3v) is 2.23. The van der Waals surface area contributed by atoms with Gasteiger partial charge in [-0.15, -0.1) is 0 Å². The lowest BCUT2D eigenvalue weighted by atomic mass is 10.1. The third-order valence-electron chi connectivity index (χ3n) is 2.23. The molecule has 84 valence electrons. The molecule has 3 N–H and O–H groups in total. The van der Waals surface area contributed by atoms with E-state index < -0.39 is 0 Å². The molecular formula is C11H20N4. The van der Waals surface area contributed by atoms with Crippen LogP contribution in [0.4, 0.5) is 5.95 Å². The standard InChI is InChI=1S/C11H20N4/c12-7-4-2-1-3-5-8-13-11-14-9-6-10-15-11/h6,9-10H,1-5,7-8,12H2,(H,13,14,15). The quantitative estimate of drug-likeness (QED) is 0.639. The molecule has 0 aromatic carbocycles. The molecule has 0 aliphatic rings.